The third-order valence-electron chi connectivity index (χ3n) is 4.94. The van der Waals surface area contributed by atoms with Crippen LogP contribution in [0.3, 0.4) is 0 Å². The van der Waals surface area contributed by atoms with Gasteiger partial charge in [-0.3, -0.25) is 9.88 Å². The van der Waals surface area contributed by atoms with E-state index in [-0.39, 0.29) is 5.54 Å². The first-order chi connectivity index (χ1) is 9.64. The molecule has 0 radical (unpaired) electrons. The monoisotopic (exact) mass is 277 g/mol. The predicted octanol–water partition coefficient (Wildman–Crippen LogP) is 2.22. The van der Waals surface area contributed by atoms with Gasteiger partial charge in [0, 0.05) is 30.0 Å². The number of nitrogens with two attached hydrogens (primary N) is 1. The van der Waals surface area contributed by atoms with E-state index in [9.17, 15) is 5.11 Å². The van der Waals surface area contributed by atoms with E-state index in [2.05, 4.69) is 23.7 Å². The van der Waals surface area contributed by atoms with Crippen LogP contribution in [0.1, 0.15) is 45.1 Å². The maximum absolute atomic E-state index is 10.9. The van der Waals surface area contributed by atoms with Gasteiger partial charge in [0.1, 0.15) is 0 Å². The standard InChI is InChI=1S/C16H27N3O/c1-3-16(4-2,19-9-5-6-10-19)15(20)11-13-12-18-8-7-14(13)17/h7-8,12,15,20H,3-6,9-11H2,1-2H3,(H2,17,18). The van der Waals surface area contributed by atoms with Crippen LogP contribution in [0, 0.1) is 0 Å². The van der Waals surface area contributed by atoms with Crippen LogP contribution in [-0.4, -0.2) is 39.7 Å². The van der Waals surface area contributed by atoms with Crippen LogP contribution >= 0.6 is 0 Å². The highest BCUT2D eigenvalue weighted by Gasteiger charge is 2.41. The molecule has 1 aromatic rings. The second kappa shape index (κ2) is 6.55. The summed E-state index contributed by atoms with van der Waals surface area (Å²) in [7, 11) is 0. The molecule has 0 aromatic carbocycles. The normalized spacial score (nSPS) is 18.4. The minimum absolute atomic E-state index is 0.126. The molecule has 1 unspecified atom stereocenters. The summed E-state index contributed by atoms with van der Waals surface area (Å²) in [5.41, 5.74) is 7.53. The van der Waals surface area contributed by atoms with Crippen LogP contribution in [0.4, 0.5) is 5.69 Å². The Morgan fingerprint density at radius 2 is 2.00 bits per heavy atom. The smallest absolute Gasteiger partial charge is 0.0765 e. The molecule has 1 aliphatic heterocycles. The van der Waals surface area contributed by atoms with Crippen LogP contribution in [-0.2, 0) is 6.42 Å². The van der Waals surface area contributed by atoms with E-state index in [1.807, 2.05) is 0 Å². The number of nitrogen functional groups attached to an aromatic ring is 1. The van der Waals surface area contributed by atoms with E-state index in [0.717, 1.165) is 37.2 Å². The summed E-state index contributed by atoms with van der Waals surface area (Å²) in [5.74, 6) is 0. The van der Waals surface area contributed by atoms with Crippen molar-refractivity contribution in [3.63, 3.8) is 0 Å². The Morgan fingerprint density at radius 1 is 1.35 bits per heavy atom. The first-order valence-corrected chi connectivity index (χ1v) is 7.75. The van der Waals surface area contributed by atoms with E-state index >= 15 is 0 Å². The van der Waals surface area contributed by atoms with E-state index in [1.54, 1.807) is 18.5 Å². The molecule has 4 heteroatoms. The van der Waals surface area contributed by atoms with E-state index in [0.29, 0.717) is 6.42 Å². The number of nitrogens with zero attached hydrogens (tertiary/aromatic N) is 2. The number of hydrogen-bond donors (Lipinski definition) is 2. The Bertz CT molecular complexity index is 425. The number of pyridine rings is 1. The number of anilines is 1. The van der Waals surface area contributed by atoms with Gasteiger partial charge >= 0.3 is 0 Å². The van der Waals surface area contributed by atoms with Gasteiger partial charge in [-0.15, -0.1) is 0 Å². The maximum atomic E-state index is 10.9. The number of likely N-dealkylation sites (tertiary alicyclic amines) is 1. The van der Waals surface area contributed by atoms with Crippen molar-refractivity contribution in [2.24, 2.45) is 0 Å². The molecule has 112 valence electrons. The Kier molecular flexibility index (Phi) is 5.00. The van der Waals surface area contributed by atoms with Gasteiger partial charge in [0.2, 0.25) is 0 Å². The van der Waals surface area contributed by atoms with Gasteiger partial charge < -0.3 is 10.8 Å². The van der Waals surface area contributed by atoms with Crippen LogP contribution < -0.4 is 5.73 Å². The Morgan fingerprint density at radius 3 is 2.55 bits per heavy atom. The molecular formula is C16H27N3O. The van der Waals surface area contributed by atoms with E-state index in [1.165, 1.54) is 12.8 Å². The highest BCUT2D eigenvalue weighted by Crippen LogP contribution is 2.33. The van der Waals surface area contributed by atoms with Crippen molar-refractivity contribution in [2.75, 3.05) is 18.8 Å². The Hall–Kier alpha value is -1.13. The summed E-state index contributed by atoms with van der Waals surface area (Å²) in [4.78, 5) is 6.60. The predicted molar refractivity (Wildman–Crippen MR) is 82.5 cm³/mol. The van der Waals surface area contributed by atoms with Gasteiger partial charge in [0.15, 0.2) is 0 Å². The second-order valence-corrected chi connectivity index (χ2v) is 5.80. The SMILES string of the molecule is CCC(CC)(C(O)Cc1cnccc1N)N1CCCC1. The molecular weight excluding hydrogens is 250 g/mol. The highest BCUT2D eigenvalue weighted by molar-refractivity contribution is 5.44. The van der Waals surface area contributed by atoms with Crippen LogP contribution in [0.15, 0.2) is 18.5 Å². The average molecular weight is 277 g/mol. The lowest BCUT2D eigenvalue weighted by atomic mass is 9.82. The maximum Gasteiger partial charge on any atom is 0.0765 e. The molecule has 1 saturated heterocycles. The third-order valence-corrected chi connectivity index (χ3v) is 4.94. The lowest BCUT2D eigenvalue weighted by molar-refractivity contribution is -0.0269. The number of aliphatic hydroxyl groups excluding tert-OH is 1. The zero-order valence-corrected chi connectivity index (χ0v) is 12.7. The lowest BCUT2D eigenvalue weighted by Gasteiger charge is -2.44. The molecule has 0 spiro atoms. The van der Waals surface area contributed by atoms with Gasteiger partial charge in [0.25, 0.3) is 0 Å². The average Bonchev–Trinajstić information content (AvgIpc) is 2.98. The summed E-state index contributed by atoms with van der Waals surface area (Å²) in [5, 5.41) is 10.9. The first kappa shape index (κ1) is 15.3. The Balaban J connectivity index is 2.18. The molecule has 0 aliphatic carbocycles. The largest absolute Gasteiger partial charge is 0.398 e. The minimum Gasteiger partial charge on any atom is -0.398 e. The van der Waals surface area contributed by atoms with Crippen molar-refractivity contribution in [1.82, 2.24) is 9.88 Å². The zero-order valence-electron chi connectivity index (χ0n) is 12.7. The van der Waals surface area contributed by atoms with Crippen molar-refractivity contribution in [2.45, 2.75) is 57.6 Å². The number of hydrogen-bond acceptors (Lipinski definition) is 4. The molecule has 2 rings (SSSR count). The summed E-state index contributed by atoms with van der Waals surface area (Å²) in [6.45, 7) is 6.55. The molecule has 0 bridgehead atoms. The van der Waals surface area contributed by atoms with Gasteiger partial charge in [-0.25, -0.2) is 0 Å². The second-order valence-electron chi connectivity index (χ2n) is 5.80. The van der Waals surface area contributed by atoms with E-state index < -0.39 is 6.10 Å². The molecule has 4 nitrogen and oxygen atoms in total. The van der Waals surface area contributed by atoms with Crippen molar-refractivity contribution in [1.29, 1.82) is 0 Å². The van der Waals surface area contributed by atoms with Crippen molar-refractivity contribution in [3.05, 3.63) is 24.0 Å². The van der Waals surface area contributed by atoms with Gasteiger partial charge in [-0.05, 0) is 50.4 Å². The molecule has 3 N–H and O–H groups in total. The van der Waals surface area contributed by atoms with Gasteiger partial charge in [-0.1, -0.05) is 13.8 Å². The fraction of sp³-hybridized carbons (Fsp3) is 0.688. The summed E-state index contributed by atoms with van der Waals surface area (Å²) in [6.07, 6.45) is 8.06. The molecule has 1 aliphatic rings. The number of aliphatic hydroxyl groups is 1. The molecule has 1 atom stereocenters. The van der Waals surface area contributed by atoms with Crippen LogP contribution in [0.25, 0.3) is 0 Å². The molecule has 0 saturated carbocycles. The number of rotatable bonds is 6. The summed E-state index contributed by atoms with van der Waals surface area (Å²) >= 11 is 0. The topological polar surface area (TPSA) is 62.4 Å². The van der Waals surface area contributed by atoms with Crippen LogP contribution in [0.2, 0.25) is 0 Å². The summed E-state index contributed by atoms with van der Waals surface area (Å²) in [6, 6.07) is 1.80. The fourth-order valence-corrected chi connectivity index (χ4v) is 3.55. The van der Waals surface area contributed by atoms with Crippen molar-refractivity contribution < 1.29 is 5.11 Å². The van der Waals surface area contributed by atoms with E-state index in [4.69, 9.17) is 5.73 Å². The van der Waals surface area contributed by atoms with Crippen molar-refractivity contribution in [3.8, 4) is 0 Å². The lowest BCUT2D eigenvalue weighted by Crippen LogP contribution is -2.55. The van der Waals surface area contributed by atoms with Crippen LogP contribution in [0.5, 0.6) is 0 Å². The first-order valence-electron chi connectivity index (χ1n) is 7.75. The number of aromatic nitrogens is 1. The van der Waals surface area contributed by atoms with Gasteiger partial charge in [0.05, 0.1) is 6.10 Å². The van der Waals surface area contributed by atoms with Gasteiger partial charge in [-0.2, -0.15) is 0 Å². The quantitative estimate of drug-likeness (QED) is 0.837. The molecule has 0 amide bonds. The Labute approximate surface area is 122 Å². The molecule has 2 heterocycles. The molecule has 1 fully saturated rings. The molecule has 1 aromatic heterocycles. The van der Waals surface area contributed by atoms with Crippen molar-refractivity contribution >= 4 is 5.69 Å². The highest BCUT2D eigenvalue weighted by atomic mass is 16.3. The minimum atomic E-state index is -0.401. The summed E-state index contributed by atoms with van der Waals surface area (Å²) < 4.78 is 0. The molecule has 20 heavy (non-hydrogen) atoms. The zero-order chi connectivity index (χ0) is 14.6. The fourth-order valence-electron chi connectivity index (χ4n) is 3.55. The third kappa shape index (κ3) is 2.81.